The van der Waals surface area contributed by atoms with Crippen molar-refractivity contribution in [1.82, 2.24) is 9.88 Å². The maximum absolute atomic E-state index is 12.0. The molecule has 0 aliphatic carbocycles. The second-order valence-electron chi connectivity index (χ2n) is 3.69. The molecule has 0 fully saturated rings. The number of aromatic nitrogens is 1. The Morgan fingerprint density at radius 3 is 2.89 bits per heavy atom. The molecule has 1 N–H and O–H groups in total. The van der Waals surface area contributed by atoms with Crippen molar-refractivity contribution in [3.8, 4) is 5.75 Å². The van der Waals surface area contributed by atoms with E-state index in [0.717, 1.165) is 0 Å². The van der Waals surface area contributed by atoms with Crippen LogP contribution in [0.5, 0.6) is 5.75 Å². The van der Waals surface area contributed by atoms with Crippen molar-refractivity contribution in [2.75, 3.05) is 26.3 Å². The molecule has 1 amide bonds. The molecule has 0 saturated carbocycles. The fraction of sp³-hybridized carbons (Fsp3) is 0.500. The number of halogens is 2. The van der Waals surface area contributed by atoms with E-state index in [2.05, 4.69) is 4.98 Å². The fourth-order valence-electron chi connectivity index (χ4n) is 1.46. The van der Waals surface area contributed by atoms with E-state index < -0.39 is 13.0 Å². The van der Waals surface area contributed by atoms with Gasteiger partial charge in [0.15, 0.2) is 0 Å². The van der Waals surface area contributed by atoms with Crippen molar-refractivity contribution < 1.29 is 23.4 Å². The Hall–Kier alpha value is -1.76. The number of aliphatic hydroxyl groups excluding tert-OH is 1. The zero-order valence-corrected chi connectivity index (χ0v) is 10.6. The van der Waals surface area contributed by atoms with Gasteiger partial charge in [-0.2, -0.15) is 0 Å². The summed E-state index contributed by atoms with van der Waals surface area (Å²) in [6.07, 6.45) is -1.25. The predicted molar refractivity (Wildman–Crippen MR) is 64.4 cm³/mol. The van der Waals surface area contributed by atoms with E-state index in [1.165, 1.54) is 23.2 Å². The average molecular weight is 274 g/mol. The van der Waals surface area contributed by atoms with Crippen molar-refractivity contribution in [3.05, 3.63) is 24.0 Å². The van der Waals surface area contributed by atoms with Crippen LogP contribution in [0.3, 0.4) is 0 Å². The van der Waals surface area contributed by atoms with E-state index in [-0.39, 0.29) is 30.5 Å². The van der Waals surface area contributed by atoms with Crippen LogP contribution in [0.2, 0.25) is 0 Å². The lowest BCUT2D eigenvalue weighted by Crippen LogP contribution is -2.33. The first-order chi connectivity index (χ1) is 9.08. The Balaban J connectivity index is 2.77. The second kappa shape index (κ2) is 7.63. The van der Waals surface area contributed by atoms with Crippen LogP contribution in [0.1, 0.15) is 17.4 Å². The number of carbonyl (C=O) groups excluding carboxylic acids is 1. The fourth-order valence-corrected chi connectivity index (χ4v) is 1.46. The van der Waals surface area contributed by atoms with Gasteiger partial charge in [-0.25, -0.2) is 8.78 Å². The summed E-state index contributed by atoms with van der Waals surface area (Å²) in [7, 11) is 0. The molecule has 0 aliphatic rings. The Morgan fingerprint density at radius 1 is 1.58 bits per heavy atom. The highest BCUT2D eigenvalue weighted by atomic mass is 19.3. The van der Waals surface area contributed by atoms with Crippen molar-refractivity contribution >= 4 is 5.91 Å². The highest BCUT2D eigenvalue weighted by Gasteiger charge is 2.16. The molecule has 0 aliphatic heterocycles. The van der Waals surface area contributed by atoms with Crippen molar-refractivity contribution in [2.24, 2.45) is 0 Å². The maximum atomic E-state index is 12.0. The van der Waals surface area contributed by atoms with Gasteiger partial charge in [-0.05, 0) is 13.0 Å². The Kier molecular flexibility index (Phi) is 6.14. The molecule has 1 aromatic heterocycles. The van der Waals surface area contributed by atoms with Crippen LogP contribution in [-0.4, -0.2) is 53.6 Å². The third-order valence-corrected chi connectivity index (χ3v) is 2.37. The predicted octanol–water partition coefficient (Wildman–Crippen LogP) is 1.18. The van der Waals surface area contributed by atoms with Crippen LogP contribution in [0.25, 0.3) is 0 Å². The molecule has 1 heterocycles. The van der Waals surface area contributed by atoms with Gasteiger partial charge in [-0.15, -0.1) is 0 Å². The topological polar surface area (TPSA) is 62.7 Å². The van der Waals surface area contributed by atoms with Crippen molar-refractivity contribution in [3.63, 3.8) is 0 Å². The largest absolute Gasteiger partial charge is 0.488 e. The normalized spacial score (nSPS) is 10.6. The molecule has 106 valence electrons. The molecular formula is C12H16F2N2O3. The number of likely N-dealkylation sites (N-methyl/N-ethyl adjacent to an activating group) is 1. The third-order valence-electron chi connectivity index (χ3n) is 2.37. The lowest BCUT2D eigenvalue weighted by molar-refractivity contribution is 0.0723. The van der Waals surface area contributed by atoms with Gasteiger partial charge in [0.2, 0.25) is 0 Å². The molecule has 0 bridgehead atoms. The van der Waals surface area contributed by atoms with Crippen LogP contribution in [0, 0.1) is 0 Å². The summed E-state index contributed by atoms with van der Waals surface area (Å²) in [4.78, 5) is 17.3. The monoisotopic (exact) mass is 274 g/mol. The van der Waals surface area contributed by atoms with Gasteiger partial charge in [-0.3, -0.25) is 9.78 Å². The van der Waals surface area contributed by atoms with Gasteiger partial charge < -0.3 is 14.7 Å². The second-order valence-corrected chi connectivity index (χ2v) is 3.69. The minimum atomic E-state index is -2.58. The van der Waals surface area contributed by atoms with E-state index in [0.29, 0.717) is 6.54 Å². The van der Waals surface area contributed by atoms with Gasteiger partial charge >= 0.3 is 0 Å². The first-order valence-electron chi connectivity index (χ1n) is 5.85. The van der Waals surface area contributed by atoms with Crippen LogP contribution >= 0.6 is 0 Å². The number of nitrogens with zero attached hydrogens (tertiary/aromatic N) is 2. The number of hydrogen-bond acceptors (Lipinski definition) is 4. The SMILES string of the molecule is CCN(CCO)C(=O)c1cc(OCC(F)F)ccn1. The Bertz CT molecular complexity index is 416. The van der Waals surface area contributed by atoms with Crippen LogP contribution < -0.4 is 4.74 Å². The lowest BCUT2D eigenvalue weighted by atomic mass is 10.3. The molecule has 0 radical (unpaired) electrons. The third kappa shape index (κ3) is 4.78. The number of pyridine rings is 1. The Labute approximate surface area is 109 Å². The number of alkyl halides is 2. The van der Waals surface area contributed by atoms with Crippen molar-refractivity contribution in [2.45, 2.75) is 13.3 Å². The van der Waals surface area contributed by atoms with E-state index >= 15 is 0 Å². The molecule has 0 aromatic carbocycles. The number of rotatable bonds is 7. The molecule has 1 aromatic rings. The molecule has 0 spiro atoms. The standard InChI is InChI=1S/C12H16F2N2O3/c1-2-16(5-6-17)12(18)10-7-9(3-4-15-10)19-8-11(13)14/h3-4,7,11,17H,2,5-6,8H2,1H3. The molecule has 5 nitrogen and oxygen atoms in total. The number of hydrogen-bond donors (Lipinski definition) is 1. The molecular weight excluding hydrogens is 258 g/mol. The van der Waals surface area contributed by atoms with Crippen molar-refractivity contribution in [1.29, 1.82) is 0 Å². The molecule has 7 heteroatoms. The highest BCUT2D eigenvalue weighted by Crippen LogP contribution is 2.13. The maximum Gasteiger partial charge on any atom is 0.272 e. The van der Waals surface area contributed by atoms with E-state index in [1.807, 2.05) is 0 Å². The summed E-state index contributed by atoms with van der Waals surface area (Å²) in [6.45, 7) is 1.50. The van der Waals surface area contributed by atoms with Crippen LogP contribution in [0.15, 0.2) is 18.3 Å². The van der Waals surface area contributed by atoms with Gasteiger partial charge in [0.25, 0.3) is 12.3 Å². The zero-order chi connectivity index (χ0) is 14.3. The summed E-state index contributed by atoms with van der Waals surface area (Å²) in [6, 6.07) is 2.71. The van der Waals surface area contributed by atoms with E-state index in [4.69, 9.17) is 9.84 Å². The van der Waals surface area contributed by atoms with E-state index in [9.17, 15) is 13.6 Å². The minimum Gasteiger partial charge on any atom is -0.488 e. The number of ether oxygens (including phenoxy) is 1. The highest BCUT2D eigenvalue weighted by molar-refractivity contribution is 5.92. The summed E-state index contributed by atoms with van der Waals surface area (Å²) >= 11 is 0. The smallest absolute Gasteiger partial charge is 0.272 e. The molecule has 0 saturated heterocycles. The molecule has 19 heavy (non-hydrogen) atoms. The lowest BCUT2D eigenvalue weighted by Gasteiger charge is -2.19. The zero-order valence-electron chi connectivity index (χ0n) is 10.6. The number of aliphatic hydroxyl groups is 1. The van der Waals surface area contributed by atoms with Gasteiger partial charge in [0.05, 0.1) is 6.61 Å². The molecule has 0 unspecified atom stereocenters. The summed E-state index contributed by atoms with van der Waals surface area (Å²) < 4.78 is 28.9. The molecule has 0 atom stereocenters. The van der Waals surface area contributed by atoms with Gasteiger partial charge in [0, 0.05) is 25.4 Å². The number of amides is 1. The van der Waals surface area contributed by atoms with Gasteiger partial charge in [-0.1, -0.05) is 0 Å². The van der Waals surface area contributed by atoms with E-state index in [1.54, 1.807) is 6.92 Å². The summed E-state index contributed by atoms with van der Waals surface area (Å²) in [5, 5.41) is 8.84. The molecule has 1 rings (SSSR count). The van der Waals surface area contributed by atoms with Crippen LogP contribution in [0.4, 0.5) is 8.78 Å². The summed E-state index contributed by atoms with van der Waals surface area (Å²) in [5.41, 5.74) is 0.0991. The van der Waals surface area contributed by atoms with Crippen LogP contribution in [-0.2, 0) is 0 Å². The Morgan fingerprint density at radius 2 is 2.32 bits per heavy atom. The quantitative estimate of drug-likeness (QED) is 0.811. The minimum absolute atomic E-state index is 0.0991. The first kappa shape index (κ1) is 15.3. The van der Waals surface area contributed by atoms with Gasteiger partial charge in [0.1, 0.15) is 18.1 Å². The summed E-state index contributed by atoms with van der Waals surface area (Å²) in [5.74, 6) is -0.210. The average Bonchev–Trinajstić information content (AvgIpc) is 2.42. The number of carbonyl (C=O) groups is 1. The first-order valence-corrected chi connectivity index (χ1v) is 5.85.